The zero-order valence-electron chi connectivity index (χ0n) is 24.8. The average molecular weight is 578 g/mol. The van der Waals surface area contributed by atoms with Crippen LogP contribution in [0.4, 0.5) is 11.4 Å². The molecule has 2 heterocycles. The summed E-state index contributed by atoms with van der Waals surface area (Å²) in [6.45, 7) is 7.76. The number of aromatic nitrogens is 1. The van der Waals surface area contributed by atoms with Gasteiger partial charge in [-0.15, -0.1) is 6.42 Å². The van der Waals surface area contributed by atoms with E-state index in [1.807, 2.05) is 50.3 Å². The smallest absolute Gasteiger partial charge is 0.281 e. The number of nitrogens with one attached hydrogen (secondary N) is 1. The summed E-state index contributed by atoms with van der Waals surface area (Å²) >= 11 is 0. The molecule has 0 saturated carbocycles. The quantitative estimate of drug-likeness (QED) is 0.138. The number of nitrogens with zero attached hydrogens (tertiary/aromatic N) is 2. The molecule has 1 aromatic heterocycles. The highest BCUT2D eigenvalue weighted by Gasteiger charge is 2.43. The number of phenols is 1. The number of terminal acetylenes is 1. The van der Waals surface area contributed by atoms with Crippen LogP contribution in [0.15, 0.2) is 88.2 Å². The summed E-state index contributed by atoms with van der Waals surface area (Å²) in [5.41, 5.74) is 2.81. The lowest BCUT2D eigenvalue weighted by Gasteiger charge is -2.36. The van der Waals surface area contributed by atoms with Crippen molar-refractivity contribution in [3.63, 3.8) is 0 Å². The molecule has 0 saturated heterocycles. The topological polar surface area (TPSA) is 105 Å². The van der Waals surface area contributed by atoms with E-state index in [2.05, 4.69) is 16.2 Å². The first-order valence-corrected chi connectivity index (χ1v) is 14.2. The molecule has 2 N–H and O–H groups in total. The number of ether oxygens (including phenoxy) is 1. The number of benzene rings is 2. The van der Waals surface area contributed by atoms with Gasteiger partial charge >= 0.3 is 0 Å². The van der Waals surface area contributed by atoms with Gasteiger partial charge in [-0.2, -0.15) is 0 Å². The van der Waals surface area contributed by atoms with Gasteiger partial charge in [0.2, 0.25) is 0 Å². The van der Waals surface area contributed by atoms with Gasteiger partial charge in [0.1, 0.15) is 29.6 Å². The van der Waals surface area contributed by atoms with E-state index in [0.717, 1.165) is 5.56 Å². The Morgan fingerprint density at radius 3 is 2.67 bits per heavy atom. The molecule has 1 aliphatic carbocycles. The second-order valence-corrected chi connectivity index (χ2v) is 11.6. The summed E-state index contributed by atoms with van der Waals surface area (Å²) in [6.07, 6.45) is 11.9. The molecule has 2 aromatic carbocycles. The number of ketones is 1. The number of carbonyl (C=O) groups is 2. The molecule has 8 heteroatoms. The Balaban J connectivity index is 1.59. The van der Waals surface area contributed by atoms with Crippen LogP contribution >= 0.6 is 0 Å². The van der Waals surface area contributed by atoms with E-state index in [1.165, 1.54) is 6.08 Å². The van der Waals surface area contributed by atoms with Gasteiger partial charge in [-0.1, -0.05) is 62.2 Å². The van der Waals surface area contributed by atoms with Gasteiger partial charge in [-0.3, -0.25) is 14.5 Å². The van der Waals surface area contributed by atoms with Gasteiger partial charge in [0.15, 0.2) is 17.4 Å². The molecule has 0 spiro atoms. The zero-order valence-corrected chi connectivity index (χ0v) is 24.8. The standard InChI is InChI=1S/C35H35N3O5/c1-6-12-25(42-21-24-13-8-7-9-14-24)15-10-16-27-31-26(19-35(4,5)20-30(31)40)37-33-28(17-11-18-29(33)39)38(27)34(41)32-22(2)43-23(3)36-32/h1,7-15,17-18,27,37,39H,16,19-21H2,2-5H3/b15-10-,25-12+/t27-/m1/s1. The Labute approximate surface area is 251 Å². The highest BCUT2D eigenvalue weighted by Crippen LogP contribution is 2.47. The highest BCUT2D eigenvalue weighted by atomic mass is 16.5. The van der Waals surface area contributed by atoms with Gasteiger partial charge in [0.05, 0.1) is 11.7 Å². The van der Waals surface area contributed by atoms with Crippen molar-refractivity contribution >= 4 is 23.1 Å². The minimum Gasteiger partial charge on any atom is -0.506 e. The first-order chi connectivity index (χ1) is 20.6. The van der Waals surface area contributed by atoms with Gasteiger partial charge in [-0.05, 0) is 49.0 Å². The summed E-state index contributed by atoms with van der Waals surface area (Å²) in [5.74, 6) is 3.19. The van der Waals surface area contributed by atoms with Crippen molar-refractivity contribution in [3.05, 3.63) is 107 Å². The number of aryl methyl sites for hydroxylation is 2. The number of anilines is 2. The van der Waals surface area contributed by atoms with Crippen molar-refractivity contribution in [2.75, 3.05) is 10.2 Å². The number of phenolic OH excluding ortho intramolecular Hbond substituents is 1. The Kier molecular flexibility index (Phi) is 8.27. The van der Waals surface area contributed by atoms with Crippen LogP contribution < -0.4 is 10.2 Å². The van der Waals surface area contributed by atoms with E-state index >= 15 is 0 Å². The van der Waals surface area contributed by atoms with Crippen molar-refractivity contribution in [1.29, 1.82) is 0 Å². The third-order valence-electron chi connectivity index (χ3n) is 7.56. The Bertz CT molecular complexity index is 1690. The molecule has 43 heavy (non-hydrogen) atoms. The Morgan fingerprint density at radius 1 is 1.21 bits per heavy atom. The number of carbonyl (C=O) groups excluding carboxylic acids is 2. The van der Waals surface area contributed by atoms with Gasteiger partial charge in [-0.25, -0.2) is 4.98 Å². The molecule has 5 rings (SSSR count). The molecule has 2 aliphatic rings. The van der Waals surface area contributed by atoms with Crippen molar-refractivity contribution in [2.24, 2.45) is 5.41 Å². The number of Topliss-reactive ketones (excluding diaryl/α,β-unsaturated/α-hetero) is 1. The molecule has 1 atom stereocenters. The number of para-hydroxylation sites is 1. The third-order valence-corrected chi connectivity index (χ3v) is 7.56. The number of hydrogen-bond donors (Lipinski definition) is 2. The Hall–Kier alpha value is -5.03. The molecule has 0 radical (unpaired) electrons. The van der Waals surface area contributed by atoms with Crippen LogP contribution in [-0.2, 0) is 16.1 Å². The fraction of sp³-hybridized carbons (Fsp3) is 0.286. The highest BCUT2D eigenvalue weighted by molar-refractivity contribution is 6.12. The number of amides is 1. The largest absolute Gasteiger partial charge is 0.506 e. The van der Waals surface area contributed by atoms with E-state index in [1.54, 1.807) is 43.0 Å². The number of fused-ring (bicyclic) bond motifs is 1. The molecular formula is C35H35N3O5. The first-order valence-electron chi connectivity index (χ1n) is 14.2. The molecule has 3 aromatic rings. The maximum Gasteiger partial charge on any atom is 0.281 e. The average Bonchev–Trinajstić information content (AvgIpc) is 3.22. The lowest BCUT2D eigenvalue weighted by Crippen LogP contribution is -2.45. The summed E-state index contributed by atoms with van der Waals surface area (Å²) in [4.78, 5) is 34.1. The van der Waals surface area contributed by atoms with E-state index in [9.17, 15) is 14.7 Å². The SMILES string of the molecule is C#C/C=C(\C=C/C[C@@H]1C2=C(CC(C)(C)CC2=O)Nc2c(O)cccc2N1C(=O)c1nc(C)oc1C)OCc1ccccc1. The number of rotatable bonds is 7. The fourth-order valence-electron chi connectivity index (χ4n) is 5.73. The second kappa shape index (κ2) is 12.1. The van der Waals surface area contributed by atoms with Gasteiger partial charge < -0.3 is 19.6 Å². The lowest BCUT2D eigenvalue weighted by molar-refractivity contribution is -0.118. The third kappa shape index (κ3) is 6.26. The second-order valence-electron chi connectivity index (χ2n) is 11.6. The summed E-state index contributed by atoms with van der Waals surface area (Å²) in [7, 11) is 0. The minimum atomic E-state index is -0.712. The van der Waals surface area contributed by atoms with E-state index in [-0.39, 0.29) is 29.1 Å². The lowest BCUT2D eigenvalue weighted by atomic mass is 9.73. The molecule has 0 bridgehead atoms. The van der Waals surface area contributed by atoms with Crippen molar-refractivity contribution < 1.29 is 23.8 Å². The fourth-order valence-corrected chi connectivity index (χ4v) is 5.73. The molecule has 0 unspecified atom stereocenters. The Morgan fingerprint density at radius 2 is 1.98 bits per heavy atom. The maximum absolute atomic E-state index is 14.3. The summed E-state index contributed by atoms with van der Waals surface area (Å²) < 4.78 is 11.6. The van der Waals surface area contributed by atoms with Crippen molar-refractivity contribution in [3.8, 4) is 18.1 Å². The number of hydrogen-bond acceptors (Lipinski definition) is 7. The molecule has 220 valence electrons. The number of oxazole rings is 1. The van der Waals surface area contributed by atoms with Crippen LogP contribution in [0.5, 0.6) is 5.75 Å². The zero-order chi connectivity index (χ0) is 30.7. The van der Waals surface area contributed by atoms with Gasteiger partial charge in [0, 0.05) is 30.7 Å². The summed E-state index contributed by atoms with van der Waals surface area (Å²) in [6, 6.07) is 14.0. The van der Waals surface area contributed by atoms with Crippen molar-refractivity contribution in [2.45, 2.75) is 59.6 Å². The predicted octanol–water partition coefficient (Wildman–Crippen LogP) is 6.76. The number of aromatic hydroxyl groups is 1. The summed E-state index contributed by atoms with van der Waals surface area (Å²) in [5, 5.41) is 14.3. The molecule has 8 nitrogen and oxygen atoms in total. The van der Waals surface area contributed by atoms with E-state index in [0.29, 0.717) is 59.5 Å². The molecule has 1 amide bonds. The van der Waals surface area contributed by atoms with E-state index < -0.39 is 11.9 Å². The monoisotopic (exact) mass is 577 g/mol. The van der Waals surface area contributed by atoms with Crippen LogP contribution in [0.1, 0.15) is 60.8 Å². The van der Waals surface area contributed by atoms with Crippen LogP contribution in [0.25, 0.3) is 0 Å². The van der Waals surface area contributed by atoms with E-state index in [4.69, 9.17) is 15.6 Å². The van der Waals surface area contributed by atoms with Crippen LogP contribution in [0.3, 0.4) is 0 Å². The predicted molar refractivity (Wildman–Crippen MR) is 165 cm³/mol. The normalized spacial score (nSPS) is 18.0. The molecule has 1 aliphatic heterocycles. The maximum atomic E-state index is 14.3. The molecule has 0 fully saturated rings. The van der Waals surface area contributed by atoms with Crippen LogP contribution in [0, 0.1) is 31.6 Å². The van der Waals surface area contributed by atoms with Gasteiger partial charge in [0.25, 0.3) is 5.91 Å². The molecular weight excluding hydrogens is 542 g/mol. The van der Waals surface area contributed by atoms with Crippen LogP contribution in [-0.4, -0.2) is 27.8 Å². The first kappa shape index (κ1) is 29.5. The number of allylic oxidation sites excluding steroid dienone is 3. The van der Waals surface area contributed by atoms with Crippen LogP contribution in [0.2, 0.25) is 0 Å². The van der Waals surface area contributed by atoms with Crippen molar-refractivity contribution in [1.82, 2.24) is 4.98 Å². The minimum absolute atomic E-state index is 0.0317.